The van der Waals surface area contributed by atoms with Crippen LogP contribution >= 0.6 is 0 Å². The number of benzene rings is 5. The molecule has 7 rings (SSSR count). The van der Waals surface area contributed by atoms with Crippen molar-refractivity contribution >= 4 is 32.8 Å². The van der Waals surface area contributed by atoms with Gasteiger partial charge in [0.05, 0.1) is 22.2 Å². The maximum Gasteiger partial charge on any atom is 0.113 e. The first-order valence-corrected chi connectivity index (χ1v) is 11.4. The van der Waals surface area contributed by atoms with Gasteiger partial charge in [-0.05, 0) is 65.7 Å². The fourth-order valence-electron chi connectivity index (χ4n) is 4.86. The quantitative estimate of drug-likeness (QED) is 0.294. The zero-order chi connectivity index (χ0) is 22.5. The number of para-hydroxylation sites is 3. The molecule has 34 heavy (non-hydrogen) atoms. The van der Waals surface area contributed by atoms with Gasteiger partial charge in [-0.15, -0.1) is 5.10 Å². The molecule has 0 amide bonds. The van der Waals surface area contributed by atoms with Gasteiger partial charge in [-0.25, -0.2) is 4.68 Å². The number of rotatable bonds is 3. The monoisotopic (exact) mass is 436 g/mol. The number of aromatic nitrogens is 4. The van der Waals surface area contributed by atoms with E-state index in [9.17, 15) is 0 Å². The second-order valence-corrected chi connectivity index (χ2v) is 8.46. The van der Waals surface area contributed by atoms with E-state index in [1.807, 2.05) is 28.9 Å². The summed E-state index contributed by atoms with van der Waals surface area (Å²) in [4.78, 5) is 0. The zero-order valence-electron chi connectivity index (χ0n) is 18.3. The highest BCUT2D eigenvalue weighted by Gasteiger charge is 2.13. The topological polar surface area (TPSA) is 35.6 Å². The molecule has 0 aliphatic heterocycles. The molecule has 0 spiro atoms. The van der Waals surface area contributed by atoms with Crippen LogP contribution in [0.3, 0.4) is 0 Å². The van der Waals surface area contributed by atoms with Crippen LogP contribution in [0.25, 0.3) is 55.3 Å². The summed E-state index contributed by atoms with van der Waals surface area (Å²) in [5, 5.41) is 11.1. The predicted molar refractivity (Wildman–Crippen MR) is 139 cm³/mol. The van der Waals surface area contributed by atoms with Gasteiger partial charge in [0.15, 0.2) is 0 Å². The van der Waals surface area contributed by atoms with Crippen molar-refractivity contribution in [2.24, 2.45) is 0 Å². The molecule has 0 N–H and O–H groups in total. The summed E-state index contributed by atoms with van der Waals surface area (Å²) < 4.78 is 4.23. The summed E-state index contributed by atoms with van der Waals surface area (Å²) in [6, 6.07) is 42.5. The van der Waals surface area contributed by atoms with E-state index in [1.165, 1.54) is 38.6 Å². The molecule has 0 aliphatic rings. The summed E-state index contributed by atoms with van der Waals surface area (Å²) in [7, 11) is 0. The van der Waals surface area contributed by atoms with E-state index < -0.39 is 0 Å². The summed E-state index contributed by atoms with van der Waals surface area (Å²) in [6.45, 7) is 0. The fraction of sp³-hybridized carbons (Fsp3) is 0. The van der Waals surface area contributed by atoms with Crippen molar-refractivity contribution in [1.29, 1.82) is 0 Å². The average molecular weight is 437 g/mol. The zero-order valence-corrected chi connectivity index (χ0v) is 18.3. The SMILES string of the molecule is c1ccc(-n2c3ccccc3c3cc(-c4ccc(-n5nnc6ccccc65)cc4)ccc32)cc1. The van der Waals surface area contributed by atoms with Crippen molar-refractivity contribution in [2.75, 3.05) is 0 Å². The van der Waals surface area contributed by atoms with E-state index in [0.717, 1.165) is 16.7 Å². The van der Waals surface area contributed by atoms with Gasteiger partial charge in [0, 0.05) is 16.5 Å². The molecule has 0 unspecified atom stereocenters. The lowest BCUT2D eigenvalue weighted by atomic mass is 10.0. The molecule has 5 aromatic carbocycles. The summed E-state index contributed by atoms with van der Waals surface area (Å²) in [6.07, 6.45) is 0. The normalized spacial score (nSPS) is 11.5. The summed E-state index contributed by atoms with van der Waals surface area (Å²) in [5.41, 5.74) is 8.86. The molecule has 0 bridgehead atoms. The van der Waals surface area contributed by atoms with Crippen LogP contribution in [0.5, 0.6) is 0 Å². The Morgan fingerprint density at radius 1 is 0.471 bits per heavy atom. The average Bonchev–Trinajstić information content (AvgIpc) is 3.48. The minimum absolute atomic E-state index is 0.895. The lowest BCUT2D eigenvalue weighted by Gasteiger charge is -2.08. The molecule has 160 valence electrons. The first-order chi connectivity index (χ1) is 16.9. The third-order valence-electron chi connectivity index (χ3n) is 6.48. The highest BCUT2D eigenvalue weighted by Crippen LogP contribution is 2.35. The van der Waals surface area contributed by atoms with Crippen LogP contribution in [0.4, 0.5) is 0 Å². The minimum Gasteiger partial charge on any atom is -0.309 e. The second kappa shape index (κ2) is 7.42. The Kier molecular flexibility index (Phi) is 4.11. The standard InChI is InChI=1S/C30H20N4/c1-2-8-23(9-3-1)33-28-12-6-4-10-25(28)26-20-22(16-19-29(26)33)21-14-17-24(18-15-21)34-30-13-7-5-11-27(30)31-32-34/h1-20H. The smallest absolute Gasteiger partial charge is 0.113 e. The number of nitrogens with zero attached hydrogens (tertiary/aromatic N) is 4. The van der Waals surface area contributed by atoms with Crippen LogP contribution in [0.1, 0.15) is 0 Å². The molecule has 0 saturated carbocycles. The molecule has 2 aromatic heterocycles. The van der Waals surface area contributed by atoms with E-state index in [0.29, 0.717) is 0 Å². The van der Waals surface area contributed by atoms with Crippen molar-refractivity contribution in [3.05, 3.63) is 121 Å². The summed E-state index contributed by atoms with van der Waals surface area (Å²) in [5.74, 6) is 0. The van der Waals surface area contributed by atoms with Crippen molar-refractivity contribution in [3.8, 4) is 22.5 Å². The largest absolute Gasteiger partial charge is 0.309 e. The van der Waals surface area contributed by atoms with Crippen LogP contribution in [0.2, 0.25) is 0 Å². The van der Waals surface area contributed by atoms with E-state index in [-0.39, 0.29) is 0 Å². The Balaban J connectivity index is 1.35. The van der Waals surface area contributed by atoms with Crippen molar-refractivity contribution in [3.63, 3.8) is 0 Å². The van der Waals surface area contributed by atoms with Crippen LogP contribution < -0.4 is 0 Å². The Labute approximate surface area is 196 Å². The van der Waals surface area contributed by atoms with Gasteiger partial charge in [0.25, 0.3) is 0 Å². The highest BCUT2D eigenvalue weighted by molar-refractivity contribution is 6.10. The molecule has 0 radical (unpaired) electrons. The maximum absolute atomic E-state index is 4.34. The van der Waals surface area contributed by atoms with Gasteiger partial charge in [0.2, 0.25) is 0 Å². The van der Waals surface area contributed by atoms with Crippen molar-refractivity contribution in [1.82, 2.24) is 19.6 Å². The van der Waals surface area contributed by atoms with E-state index >= 15 is 0 Å². The van der Waals surface area contributed by atoms with Crippen LogP contribution in [0, 0.1) is 0 Å². The lowest BCUT2D eigenvalue weighted by molar-refractivity contribution is 0.824. The fourth-order valence-corrected chi connectivity index (χ4v) is 4.86. The highest BCUT2D eigenvalue weighted by atomic mass is 15.4. The molecule has 2 heterocycles. The summed E-state index contributed by atoms with van der Waals surface area (Å²) >= 11 is 0. The Morgan fingerprint density at radius 2 is 1.15 bits per heavy atom. The van der Waals surface area contributed by atoms with E-state index in [2.05, 4.69) is 112 Å². The first kappa shape index (κ1) is 18.8. The van der Waals surface area contributed by atoms with Gasteiger partial charge < -0.3 is 4.57 Å². The molecule has 0 saturated heterocycles. The molecular weight excluding hydrogens is 416 g/mol. The molecule has 0 atom stereocenters. The van der Waals surface area contributed by atoms with Crippen LogP contribution in [-0.2, 0) is 0 Å². The second-order valence-electron chi connectivity index (χ2n) is 8.46. The minimum atomic E-state index is 0.895. The lowest BCUT2D eigenvalue weighted by Crippen LogP contribution is -1.96. The molecule has 0 aliphatic carbocycles. The Morgan fingerprint density at radius 3 is 2.00 bits per heavy atom. The molecular formula is C30H20N4. The van der Waals surface area contributed by atoms with Crippen LogP contribution in [0.15, 0.2) is 121 Å². The molecule has 0 fully saturated rings. The van der Waals surface area contributed by atoms with Gasteiger partial charge >= 0.3 is 0 Å². The van der Waals surface area contributed by atoms with E-state index in [4.69, 9.17) is 0 Å². The Hall–Kier alpha value is -4.70. The Bertz CT molecular complexity index is 1790. The van der Waals surface area contributed by atoms with Gasteiger partial charge in [-0.3, -0.25) is 0 Å². The molecule has 7 aromatic rings. The van der Waals surface area contributed by atoms with Crippen molar-refractivity contribution < 1.29 is 0 Å². The van der Waals surface area contributed by atoms with Crippen molar-refractivity contribution in [2.45, 2.75) is 0 Å². The van der Waals surface area contributed by atoms with Gasteiger partial charge in [0.1, 0.15) is 5.52 Å². The number of hydrogen-bond donors (Lipinski definition) is 0. The molecule has 4 nitrogen and oxygen atoms in total. The van der Waals surface area contributed by atoms with Gasteiger partial charge in [-0.2, -0.15) is 0 Å². The van der Waals surface area contributed by atoms with Gasteiger partial charge in [-0.1, -0.05) is 71.9 Å². The van der Waals surface area contributed by atoms with E-state index in [1.54, 1.807) is 0 Å². The number of fused-ring (bicyclic) bond motifs is 4. The third kappa shape index (κ3) is 2.86. The maximum atomic E-state index is 4.34. The third-order valence-corrected chi connectivity index (χ3v) is 6.48. The van der Waals surface area contributed by atoms with Crippen LogP contribution in [-0.4, -0.2) is 19.6 Å². The first-order valence-electron chi connectivity index (χ1n) is 11.4. The number of hydrogen-bond acceptors (Lipinski definition) is 2. The molecule has 4 heteroatoms. The predicted octanol–water partition coefficient (Wildman–Crippen LogP) is 7.18.